The summed E-state index contributed by atoms with van der Waals surface area (Å²) in [5.41, 5.74) is 3.01. The minimum absolute atomic E-state index is 0.0118. The lowest BCUT2D eigenvalue weighted by molar-refractivity contribution is -0.133. The monoisotopic (exact) mass is 557 g/mol. The molecule has 1 amide bonds. The number of sulfonamides is 1. The van der Waals surface area contributed by atoms with Crippen LogP contribution in [0.15, 0.2) is 71.6 Å². The average molecular weight is 558 g/mol. The minimum atomic E-state index is -4.04. The Kier molecular flexibility index (Phi) is 8.81. The van der Waals surface area contributed by atoms with Crippen LogP contribution in [0, 0.1) is 6.92 Å². The lowest BCUT2D eigenvalue weighted by Crippen LogP contribution is -2.55. The Morgan fingerprint density at radius 2 is 1.63 bits per heavy atom. The van der Waals surface area contributed by atoms with Gasteiger partial charge >= 0.3 is 0 Å². The molecule has 0 aliphatic carbocycles. The minimum Gasteiger partial charge on any atom is -0.493 e. The van der Waals surface area contributed by atoms with E-state index in [1.54, 1.807) is 4.90 Å². The highest BCUT2D eigenvalue weighted by Gasteiger charge is 2.32. The van der Waals surface area contributed by atoms with Gasteiger partial charge in [0.2, 0.25) is 15.9 Å². The van der Waals surface area contributed by atoms with E-state index in [-0.39, 0.29) is 23.0 Å². The van der Waals surface area contributed by atoms with Gasteiger partial charge in [0.1, 0.15) is 6.04 Å². The first-order valence-electron chi connectivity index (χ1n) is 12.3. The van der Waals surface area contributed by atoms with Gasteiger partial charge in [0.05, 0.1) is 19.1 Å². The molecule has 1 saturated heterocycles. The quantitative estimate of drug-likeness (QED) is 0.429. The molecule has 0 bridgehead atoms. The SMILES string of the molecule is COc1ccc(S(=O)(=O)NC(Cc2ccccc2)C(=O)N2CCN(c3cc(Cl)ccc3C)CC2)cc1OC. The summed E-state index contributed by atoms with van der Waals surface area (Å²) in [4.78, 5) is 17.6. The van der Waals surface area contributed by atoms with E-state index in [0.29, 0.717) is 37.0 Å². The first-order valence-corrected chi connectivity index (χ1v) is 14.2. The Morgan fingerprint density at radius 3 is 2.29 bits per heavy atom. The molecule has 0 saturated carbocycles. The van der Waals surface area contributed by atoms with E-state index >= 15 is 0 Å². The fourth-order valence-electron chi connectivity index (χ4n) is 4.58. The van der Waals surface area contributed by atoms with Crippen molar-refractivity contribution < 1.29 is 22.7 Å². The highest BCUT2D eigenvalue weighted by molar-refractivity contribution is 7.89. The Morgan fingerprint density at radius 1 is 0.947 bits per heavy atom. The van der Waals surface area contributed by atoms with Gasteiger partial charge in [-0.2, -0.15) is 4.72 Å². The maximum absolute atomic E-state index is 13.7. The second-order valence-corrected chi connectivity index (χ2v) is 11.3. The molecule has 1 N–H and O–H groups in total. The molecule has 1 atom stereocenters. The van der Waals surface area contributed by atoms with Gasteiger partial charge in [0.25, 0.3) is 0 Å². The number of methoxy groups -OCH3 is 2. The fourth-order valence-corrected chi connectivity index (χ4v) is 5.95. The predicted octanol–water partition coefficient (Wildman–Crippen LogP) is 3.90. The molecule has 0 spiro atoms. The topological polar surface area (TPSA) is 88.2 Å². The van der Waals surface area contributed by atoms with Gasteiger partial charge in [0, 0.05) is 43.0 Å². The molecule has 1 aliphatic heterocycles. The smallest absolute Gasteiger partial charge is 0.241 e. The second-order valence-electron chi connectivity index (χ2n) is 9.12. The first kappa shape index (κ1) is 27.8. The molecule has 1 aliphatic rings. The predicted molar refractivity (Wildman–Crippen MR) is 149 cm³/mol. The largest absolute Gasteiger partial charge is 0.493 e. The zero-order valence-corrected chi connectivity index (χ0v) is 23.3. The number of carbonyl (C=O) groups is 1. The van der Waals surface area contributed by atoms with Crippen LogP contribution in [0.1, 0.15) is 11.1 Å². The molecule has 1 fully saturated rings. The number of hydrogen-bond acceptors (Lipinski definition) is 6. The van der Waals surface area contributed by atoms with Crippen LogP contribution in [0.25, 0.3) is 0 Å². The van der Waals surface area contributed by atoms with E-state index in [0.717, 1.165) is 16.8 Å². The number of aryl methyl sites for hydroxylation is 1. The third kappa shape index (κ3) is 6.40. The van der Waals surface area contributed by atoms with Gasteiger partial charge in [-0.15, -0.1) is 0 Å². The molecule has 1 heterocycles. The summed E-state index contributed by atoms with van der Waals surface area (Å²) in [6.45, 7) is 4.20. The number of halogens is 1. The van der Waals surface area contributed by atoms with Crippen LogP contribution in [0.5, 0.6) is 11.5 Å². The number of piperazine rings is 1. The molecule has 3 aromatic carbocycles. The van der Waals surface area contributed by atoms with Gasteiger partial charge in [0.15, 0.2) is 11.5 Å². The first-order chi connectivity index (χ1) is 18.2. The van der Waals surface area contributed by atoms with E-state index in [1.165, 1.54) is 32.4 Å². The summed E-state index contributed by atoms with van der Waals surface area (Å²) in [5, 5.41) is 0.664. The Balaban J connectivity index is 1.54. The van der Waals surface area contributed by atoms with Crippen LogP contribution in [-0.2, 0) is 21.2 Å². The van der Waals surface area contributed by atoms with Crippen molar-refractivity contribution in [2.45, 2.75) is 24.3 Å². The van der Waals surface area contributed by atoms with Gasteiger partial charge in [-0.3, -0.25) is 4.79 Å². The molecular weight excluding hydrogens is 526 g/mol. The molecule has 0 aromatic heterocycles. The van der Waals surface area contributed by atoms with E-state index in [4.69, 9.17) is 21.1 Å². The summed E-state index contributed by atoms with van der Waals surface area (Å²) in [6, 6.07) is 18.5. The Labute approximate surface area is 229 Å². The third-order valence-electron chi connectivity index (χ3n) is 6.65. The van der Waals surface area contributed by atoms with Crippen LogP contribution in [0.3, 0.4) is 0 Å². The van der Waals surface area contributed by atoms with E-state index in [1.807, 2.05) is 55.5 Å². The zero-order chi connectivity index (χ0) is 27.3. The van der Waals surface area contributed by atoms with Crippen LogP contribution in [0.2, 0.25) is 5.02 Å². The fraction of sp³-hybridized carbons (Fsp3) is 0.321. The number of nitrogens with zero attached hydrogens (tertiary/aromatic N) is 2. The summed E-state index contributed by atoms with van der Waals surface area (Å²) in [5.74, 6) is 0.435. The van der Waals surface area contributed by atoms with Crippen molar-refractivity contribution in [3.8, 4) is 11.5 Å². The third-order valence-corrected chi connectivity index (χ3v) is 8.35. The number of hydrogen-bond donors (Lipinski definition) is 1. The lowest BCUT2D eigenvalue weighted by atomic mass is 10.1. The van der Waals surface area contributed by atoms with E-state index in [2.05, 4.69) is 9.62 Å². The Bertz CT molecular complexity index is 1380. The molecule has 1 unspecified atom stereocenters. The molecule has 10 heteroatoms. The summed E-state index contributed by atoms with van der Waals surface area (Å²) >= 11 is 6.21. The van der Waals surface area contributed by atoms with E-state index in [9.17, 15) is 13.2 Å². The van der Waals surface area contributed by atoms with Crippen molar-refractivity contribution in [2.24, 2.45) is 0 Å². The molecule has 38 heavy (non-hydrogen) atoms. The Hall–Kier alpha value is -3.27. The highest BCUT2D eigenvalue weighted by Crippen LogP contribution is 2.30. The van der Waals surface area contributed by atoms with Crippen molar-refractivity contribution in [2.75, 3.05) is 45.3 Å². The zero-order valence-electron chi connectivity index (χ0n) is 21.7. The highest BCUT2D eigenvalue weighted by atomic mass is 35.5. The van der Waals surface area contributed by atoms with Gasteiger partial charge < -0.3 is 19.3 Å². The standard InChI is InChI=1S/C28H32ClN3O5S/c1-20-9-10-22(29)18-25(20)31-13-15-32(16-14-31)28(33)24(17-21-7-5-4-6-8-21)30-38(34,35)23-11-12-26(36-2)27(19-23)37-3/h4-12,18-19,24,30H,13-17H2,1-3H3. The summed E-state index contributed by atoms with van der Waals surface area (Å²) in [7, 11) is -1.13. The summed E-state index contributed by atoms with van der Waals surface area (Å²) < 4.78 is 39.9. The normalized spacial score (nSPS) is 14.7. The number of benzene rings is 3. The molecule has 8 nitrogen and oxygen atoms in total. The van der Waals surface area contributed by atoms with Gasteiger partial charge in [-0.25, -0.2) is 8.42 Å². The van der Waals surface area contributed by atoms with Gasteiger partial charge in [-0.05, 0) is 48.7 Å². The van der Waals surface area contributed by atoms with E-state index < -0.39 is 16.1 Å². The van der Waals surface area contributed by atoms with Crippen LogP contribution < -0.4 is 19.1 Å². The number of ether oxygens (including phenoxy) is 2. The van der Waals surface area contributed by atoms with Crippen LogP contribution in [0.4, 0.5) is 5.69 Å². The maximum Gasteiger partial charge on any atom is 0.241 e. The number of nitrogens with one attached hydrogen (secondary N) is 1. The number of rotatable bonds is 9. The van der Waals surface area contributed by atoms with Crippen molar-refractivity contribution in [1.82, 2.24) is 9.62 Å². The average Bonchev–Trinajstić information content (AvgIpc) is 2.93. The lowest BCUT2D eigenvalue weighted by Gasteiger charge is -2.38. The molecule has 4 rings (SSSR count). The molecule has 202 valence electrons. The number of amides is 1. The molecule has 3 aromatic rings. The maximum atomic E-state index is 13.7. The number of carbonyl (C=O) groups excluding carboxylic acids is 1. The van der Waals surface area contributed by atoms with Crippen molar-refractivity contribution in [1.29, 1.82) is 0 Å². The number of anilines is 1. The van der Waals surface area contributed by atoms with Crippen LogP contribution in [-0.4, -0.2) is 65.7 Å². The molecule has 0 radical (unpaired) electrons. The second kappa shape index (κ2) is 12.1. The summed E-state index contributed by atoms with van der Waals surface area (Å²) in [6.07, 6.45) is 0.222. The van der Waals surface area contributed by atoms with Crippen LogP contribution >= 0.6 is 11.6 Å². The van der Waals surface area contributed by atoms with Crippen molar-refractivity contribution >= 4 is 33.2 Å². The van der Waals surface area contributed by atoms with Gasteiger partial charge in [-0.1, -0.05) is 48.0 Å². The van der Waals surface area contributed by atoms with Crippen molar-refractivity contribution in [3.63, 3.8) is 0 Å². The molecular formula is C28H32ClN3O5S. The van der Waals surface area contributed by atoms with Crippen molar-refractivity contribution in [3.05, 3.63) is 82.9 Å².